The highest BCUT2D eigenvalue weighted by atomic mass is 16.5. The van der Waals surface area contributed by atoms with E-state index >= 15 is 0 Å². The third-order valence-corrected chi connectivity index (χ3v) is 2.30. The van der Waals surface area contributed by atoms with Crippen LogP contribution in [-0.4, -0.2) is 31.4 Å². The van der Waals surface area contributed by atoms with E-state index in [2.05, 4.69) is 22.5 Å². The Morgan fingerprint density at radius 2 is 2.26 bits per heavy atom. The predicted octanol–water partition coefficient (Wildman–Crippen LogP) is 1.57. The molecule has 102 valence electrons. The number of carbonyl (C=O) groups excluding carboxylic acids is 1. The number of aliphatic hydroxyl groups excluding tert-OH is 1. The molecule has 0 atom stereocenters. The minimum Gasteiger partial charge on any atom is -0.495 e. The summed E-state index contributed by atoms with van der Waals surface area (Å²) in [4.78, 5) is 11.6. The van der Waals surface area contributed by atoms with Gasteiger partial charge in [0.1, 0.15) is 12.4 Å². The average molecular weight is 262 g/mol. The SMILES string of the molecule is CCCNC(=O)Nc1cc(C#CCO)ccc1OC. The molecule has 2 amide bonds. The summed E-state index contributed by atoms with van der Waals surface area (Å²) in [5.74, 6) is 5.89. The summed E-state index contributed by atoms with van der Waals surface area (Å²) in [6.07, 6.45) is 0.868. The molecule has 0 heterocycles. The van der Waals surface area contributed by atoms with Gasteiger partial charge in [-0.1, -0.05) is 18.8 Å². The zero-order valence-electron chi connectivity index (χ0n) is 11.1. The summed E-state index contributed by atoms with van der Waals surface area (Å²) in [5, 5.41) is 14.1. The summed E-state index contributed by atoms with van der Waals surface area (Å²) in [6.45, 7) is 2.38. The van der Waals surface area contributed by atoms with E-state index in [0.717, 1.165) is 6.42 Å². The first-order valence-electron chi connectivity index (χ1n) is 6.03. The van der Waals surface area contributed by atoms with Crippen LogP contribution in [0, 0.1) is 11.8 Å². The van der Waals surface area contributed by atoms with Gasteiger partial charge in [0.25, 0.3) is 0 Å². The quantitative estimate of drug-likeness (QED) is 0.721. The first-order chi connectivity index (χ1) is 9.21. The van der Waals surface area contributed by atoms with E-state index in [0.29, 0.717) is 23.5 Å². The van der Waals surface area contributed by atoms with Crippen molar-refractivity contribution in [2.45, 2.75) is 13.3 Å². The molecule has 0 saturated carbocycles. The van der Waals surface area contributed by atoms with Crippen molar-refractivity contribution in [1.29, 1.82) is 0 Å². The molecule has 5 heteroatoms. The fourth-order valence-corrected chi connectivity index (χ4v) is 1.43. The minimum absolute atomic E-state index is 0.203. The number of aliphatic hydroxyl groups is 1. The molecule has 1 aromatic rings. The zero-order chi connectivity index (χ0) is 14.1. The second-order valence-electron chi connectivity index (χ2n) is 3.76. The standard InChI is InChI=1S/C14H18N2O3/c1-3-8-15-14(18)16-12-10-11(5-4-9-17)6-7-13(12)19-2/h6-7,10,17H,3,8-9H2,1-2H3,(H2,15,16,18). The van der Waals surface area contributed by atoms with Crippen LogP contribution in [0.4, 0.5) is 10.5 Å². The van der Waals surface area contributed by atoms with E-state index in [-0.39, 0.29) is 12.6 Å². The van der Waals surface area contributed by atoms with Gasteiger partial charge in [-0.15, -0.1) is 0 Å². The number of anilines is 1. The molecule has 0 aliphatic heterocycles. The normalized spacial score (nSPS) is 9.21. The largest absolute Gasteiger partial charge is 0.495 e. The maximum absolute atomic E-state index is 11.6. The van der Waals surface area contributed by atoms with Crippen molar-refractivity contribution in [3.63, 3.8) is 0 Å². The van der Waals surface area contributed by atoms with Crippen LogP contribution in [0.15, 0.2) is 18.2 Å². The van der Waals surface area contributed by atoms with Crippen LogP contribution in [0.25, 0.3) is 0 Å². The molecule has 0 aliphatic carbocycles. The van der Waals surface area contributed by atoms with Crippen molar-refractivity contribution in [2.24, 2.45) is 0 Å². The Kier molecular flexibility index (Phi) is 6.27. The maximum atomic E-state index is 11.6. The van der Waals surface area contributed by atoms with Crippen molar-refractivity contribution >= 4 is 11.7 Å². The first-order valence-corrected chi connectivity index (χ1v) is 6.03. The van der Waals surface area contributed by atoms with Crippen LogP contribution in [0.3, 0.4) is 0 Å². The van der Waals surface area contributed by atoms with Gasteiger partial charge in [-0.05, 0) is 24.6 Å². The number of hydrogen-bond donors (Lipinski definition) is 3. The Labute approximate surface area is 113 Å². The van der Waals surface area contributed by atoms with Crippen molar-refractivity contribution in [3.8, 4) is 17.6 Å². The van der Waals surface area contributed by atoms with E-state index in [1.54, 1.807) is 18.2 Å². The molecule has 1 aromatic carbocycles. The second-order valence-corrected chi connectivity index (χ2v) is 3.76. The zero-order valence-corrected chi connectivity index (χ0v) is 11.1. The topological polar surface area (TPSA) is 70.6 Å². The van der Waals surface area contributed by atoms with Crippen molar-refractivity contribution < 1.29 is 14.6 Å². The Hall–Kier alpha value is -2.19. The molecule has 0 fully saturated rings. The Morgan fingerprint density at radius 1 is 1.47 bits per heavy atom. The lowest BCUT2D eigenvalue weighted by atomic mass is 10.2. The lowest BCUT2D eigenvalue weighted by Gasteiger charge is -2.11. The summed E-state index contributed by atoms with van der Waals surface area (Å²) in [7, 11) is 1.53. The molecular weight excluding hydrogens is 244 g/mol. The number of hydrogen-bond acceptors (Lipinski definition) is 3. The van der Waals surface area contributed by atoms with Gasteiger partial charge < -0.3 is 20.5 Å². The number of benzene rings is 1. The van der Waals surface area contributed by atoms with Crippen molar-refractivity contribution in [2.75, 3.05) is 25.6 Å². The number of rotatable bonds is 4. The lowest BCUT2D eigenvalue weighted by molar-refractivity contribution is 0.252. The van der Waals surface area contributed by atoms with Gasteiger partial charge in [0.15, 0.2) is 0 Å². The van der Waals surface area contributed by atoms with Crippen LogP contribution < -0.4 is 15.4 Å². The average Bonchev–Trinajstić information content (AvgIpc) is 2.43. The number of urea groups is 1. The molecule has 0 bridgehead atoms. The fourth-order valence-electron chi connectivity index (χ4n) is 1.43. The third-order valence-electron chi connectivity index (χ3n) is 2.30. The molecule has 5 nitrogen and oxygen atoms in total. The summed E-state index contributed by atoms with van der Waals surface area (Å²) >= 11 is 0. The Morgan fingerprint density at radius 3 is 2.89 bits per heavy atom. The second kappa shape index (κ2) is 8.01. The predicted molar refractivity (Wildman–Crippen MR) is 74.3 cm³/mol. The Bertz CT molecular complexity index is 489. The molecule has 0 spiro atoms. The lowest BCUT2D eigenvalue weighted by Crippen LogP contribution is -2.29. The van der Waals surface area contributed by atoms with E-state index in [9.17, 15) is 4.79 Å². The third kappa shape index (κ3) is 4.90. The van der Waals surface area contributed by atoms with Crippen molar-refractivity contribution in [1.82, 2.24) is 5.32 Å². The number of ether oxygens (including phenoxy) is 1. The van der Waals surface area contributed by atoms with Gasteiger partial charge in [0, 0.05) is 12.1 Å². The molecule has 0 aliphatic rings. The molecule has 19 heavy (non-hydrogen) atoms. The molecule has 3 N–H and O–H groups in total. The molecule has 0 aromatic heterocycles. The highest BCUT2D eigenvalue weighted by molar-refractivity contribution is 5.91. The molecule has 0 unspecified atom stereocenters. The van der Waals surface area contributed by atoms with E-state index in [4.69, 9.17) is 9.84 Å². The first kappa shape index (κ1) is 14.9. The molecule has 1 rings (SSSR count). The fraction of sp³-hybridized carbons (Fsp3) is 0.357. The van der Waals surface area contributed by atoms with Gasteiger partial charge in [-0.2, -0.15) is 0 Å². The number of methoxy groups -OCH3 is 1. The highest BCUT2D eigenvalue weighted by Gasteiger charge is 2.07. The van der Waals surface area contributed by atoms with Crippen LogP contribution in [0.5, 0.6) is 5.75 Å². The van der Waals surface area contributed by atoms with Crippen LogP contribution >= 0.6 is 0 Å². The number of nitrogens with one attached hydrogen (secondary N) is 2. The van der Waals surface area contributed by atoms with Gasteiger partial charge in [-0.25, -0.2) is 4.79 Å². The molecule has 0 saturated heterocycles. The maximum Gasteiger partial charge on any atom is 0.319 e. The van der Waals surface area contributed by atoms with Gasteiger partial charge in [0.05, 0.1) is 12.8 Å². The number of carbonyl (C=O) groups is 1. The summed E-state index contributed by atoms with van der Waals surface area (Å²) in [6, 6.07) is 4.90. The molecule has 0 radical (unpaired) electrons. The van der Waals surface area contributed by atoms with Crippen LogP contribution in [0.2, 0.25) is 0 Å². The van der Waals surface area contributed by atoms with Crippen molar-refractivity contribution in [3.05, 3.63) is 23.8 Å². The summed E-state index contributed by atoms with van der Waals surface area (Å²) < 4.78 is 5.17. The van der Waals surface area contributed by atoms with Crippen LogP contribution in [0.1, 0.15) is 18.9 Å². The highest BCUT2D eigenvalue weighted by Crippen LogP contribution is 2.25. The van der Waals surface area contributed by atoms with Gasteiger partial charge in [0.2, 0.25) is 0 Å². The number of amides is 2. The van der Waals surface area contributed by atoms with Crippen LogP contribution in [-0.2, 0) is 0 Å². The van der Waals surface area contributed by atoms with E-state index in [1.165, 1.54) is 7.11 Å². The van der Waals surface area contributed by atoms with Gasteiger partial charge in [-0.3, -0.25) is 0 Å². The summed E-state index contributed by atoms with van der Waals surface area (Å²) in [5.41, 5.74) is 1.24. The van der Waals surface area contributed by atoms with Gasteiger partial charge >= 0.3 is 6.03 Å². The Balaban J connectivity index is 2.86. The monoisotopic (exact) mass is 262 g/mol. The van der Waals surface area contributed by atoms with E-state index < -0.39 is 0 Å². The van der Waals surface area contributed by atoms with E-state index in [1.807, 2.05) is 6.92 Å². The molecular formula is C14H18N2O3. The smallest absolute Gasteiger partial charge is 0.319 e. The minimum atomic E-state index is -0.285.